The summed E-state index contributed by atoms with van der Waals surface area (Å²) in [6.45, 7) is 1.52. The number of aliphatic hydroxyl groups excluding tert-OH is 1. The highest BCUT2D eigenvalue weighted by atomic mass is 16.7. The summed E-state index contributed by atoms with van der Waals surface area (Å²) in [5.74, 6) is 0. The van der Waals surface area contributed by atoms with E-state index in [1.54, 1.807) is 0 Å². The fourth-order valence-corrected chi connectivity index (χ4v) is 4.05. The summed E-state index contributed by atoms with van der Waals surface area (Å²) in [6, 6.07) is 8.82. The van der Waals surface area contributed by atoms with Crippen molar-refractivity contribution in [1.29, 1.82) is 0 Å². The number of hydroxylamine groups is 3. The molecule has 0 bridgehead atoms. The van der Waals surface area contributed by atoms with Gasteiger partial charge in [0.15, 0.2) is 18.7 Å². The van der Waals surface area contributed by atoms with Crippen molar-refractivity contribution in [3.8, 4) is 0 Å². The Morgan fingerprint density at radius 1 is 1.15 bits per heavy atom. The normalized spacial score (nSPS) is 40.0. The van der Waals surface area contributed by atoms with Crippen LogP contribution in [0, 0.1) is 5.21 Å². The van der Waals surface area contributed by atoms with E-state index in [9.17, 15) is 10.3 Å². The SMILES string of the molecule is CO[C@H]1O[C@@H]2COC(c3ccccc3)O[C@H]2[C@@H]([N+]2([O-])CCOCC2)[C@@H]1O. The second kappa shape index (κ2) is 7.49. The van der Waals surface area contributed by atoms with Gasteiger partial charge in [-0.1, -0.05) is 30.3 Å². The molecule has 3 fully saturated rings. The van der Waals surface area contributed by atoms with Gasteiger partial charge in [0.2, 0.25) is 0 Å². The maximum atomic E-state index is 13.5. The van der Waals surface area contributed by atoms with E-state index in [4.69, 9.17) is 23.7 Å². The monoisotopic (exact) mass is 367 g/mol. The van der Waals surface area contributed by atoms with Crippen LogP contribution in [0.3, 0.4) is 0 Å². The van der Waals surface area contributed by atoms with Crippen molar-refractivity contribution in [1.82, 2.24) is 0 Å². The minimum Gasteiger partial charge on any atom is -0.632 e. The number of quaternary nitrogens is 1. The van der Waals surface area contributed by atoms with E-state index in [1.807, 2.05) is 30.3 Å². The zero-order valence-electron chi connectivity index (χ0n) is 14.7. The van der Waals surface area contributed by atoms with Crippen LogP contribution < -0.4 is 0 Å². The zero-order chi connectivity index (χ0) is 18.1. The second-order valence-corrected chi connectivity index (χ2v) is 6.95. The van der Waals surface area contributed by atoms with Crippen LogP contribution in [0.1, 0.15) is 11.9 Å². The van der Waals surface area contributed by atoms with Crippen molar-refractivity contribution < 1.29 is 33.4 Å². The average Bonchev–Trinajstić information content (AvgIpc) is 2.68. The summed E-state index contributed by atoms with van der Waals surface area (Å²) < 4.78 is 27.8. The first-order chi connectivity index (χ1) is 12.6. The number of methoxy groups -OCH3 is 1. The summed E-state index contributed by atoms with van der Waals surface area (Å²) in [6.07, 6.45) is -3.63. The fraction of sp³-hybridized carbons (Fsp3) is 0.667. The maximum Gasteiger partial charge on any atom is 0.189 e. The molecule has 3 aliphatic rings. The summed E-state index contributed by atoms with van der Waals surface area (Å²) in [7, 11) is 1.46. The summed E-state index contributed by atoms with van der Waals surface area (Å²) in [5, 5.41) is 24.3. The van der Waals surface area contributed by atoms with Crippen molar-refractivity contribution in [2.24, 2.45) is 0 Å². The summed E-state index contributed by atoms with van der Waals surface area (Å²) in [4.78, 5) is 0. The van der Waals surface area contributed by atoms with Crippen LogP contribution >= 0.6 is 0 Å². The molecule has 0 aromatic heterocycles. The molecule has 6 atom stereocenters. The van der Waals surface area contributed by atoms with Gasteiger partial charge in [0.1, 0.15) is 31.3 Å². The molecule has 3 aliphatic heterocycles. The first kappa shape index (κ1) is 18.3. The highest BCUT2D eigenvalue weighted by Gasteiger charge is 2.56. The topological polar surface area (TPSA) is 89.4 Å². The Bertz CT molecular complexity index is 594. The number of benzene rings is 1. The lowest BCUT2D eigenvalue weighted by Crippen LogP contribution is -2.73. The molecule has 1 aromatic rings. The molecule has 0 aliphatic carbocycles. The van der Waals surface area contributed by atoms with Crippen molar-refractivity contribution in [2.75, 3.05) is 40.0 Å². The Morgan fingerprint density at radius 3 is 2.58 bits per heavy atom. The number of ether oxygens (including phenoxy) is 5. The minimum absolute atomic E-state index is 0.265. The van der Waals surface area contributed by atoms with Crippen LogP contribution in [-0.4, -0.2) is 80.4 Å². The molecule has 0 amide bonds. The molecule has 8 heteroatoms. The van der Waals surface area contributed by atoms with E-state index in [2.05, 4.69) is 0 Å². The molecular formula is C18H25NO7. The molecule has 0 spiro atoms. The molecule has 1 aromatic carbocycles. The molecule has 4 rings (SSSR count). The highest BCUT2D eigenvalue weighted by Crippen LogP contribution is 2.38. The third kappa shape index (κ3) is 3.28. The van der Waals surface area contributed by atoms with Gasteiger partial charge in [0.25, 0.3) is 0 Å². The summed E-state index contributed by atoms with van der Waals surface area (Å²) >= 11 is 0. The van der Waals surface area contributed by atoms with Gasteiger partial charge in [-0.15, -0.1) is 0 Å². The Labute approximate surface area is 152 Å². The van der Waals surface area contributed by atoms with Crippen LogP contribution in [0.15, 0.2) is 30.3 Å². The molecule has 26 heavy (non-hydrogen) atoms. The van der Waals surface area contributed by atoms with Crippen LogP contribution in [0.4, 0.5) is 0 Å². The molecule has 3 heterocycles. The van der Waals surface area contributed by atoms with E-state index in [0.717, 1.165) is 5.56 Å². The molecule has 1 N–H and O–H groups in total. The van der Waals surface area contributed by atoms with Crippen molar-refractivity contribution >= 4 is 0 Å². The van der Waals surface area contributed by atoms with Crippen molar-refractivity contribution in [3.05, 3.63) is 41.1 Å². The Kier molecular flexibility index (Phi) is 5.27. The van der Waals surface area contributed by atoms with Gasteiger partial charge in [-0.2, -0.15) is 0 Å². The molecular weight excluding hydrogens is 342 g/mol. The van der Waals surface area contributed by atoms with Crippen molar-refractivity contribution in [3.63, 3.8) is 0 Å². The third-order valence-electron chi connectivity index (χ3n) is 5.41. The largest absolute Gasteiger partial charge is 0.632 e. The molecule has 3 saturated heterocycles. The van der Waals surface area contributed by atoms with Crippen LogP contribution in [0.5, 0.6) is 0 Å². The summed E-state index contributed by atoms with van der Waals surface area (Å²) in [5.41, 5.74) is 0.868. The number of morpholine rings is 1. The number of aliphatic hydroxyl groups is 1. The van der Waals surface area contributed by atoms with Gasteiger partial charge in [-0.05, 0) is 0 Å². The second-order valence-electron chi connectivity index (χ2n) is 6.95. The fourth-order valence-electron chi connectivity index (χ4n) is 4.05. The van der Waals surface area contributed by atoms with Gasteiger partial charge >= 0.3 is 0 Å². The zero-order valence-corrected chi connectivity index (χ0v) is 14.7. The molecule has 1 unspecified atom stereocenters. The van der Waals surface area contributed by atoms with Gasteiger partial charge < -0.3 is 38.6 Å². The van der Waals surface area contributed by atoms with Gasteiger partial charge in [0.05, 0.1) is 19.8 Å². The number of fused-ring (bicyclic) bond motifs is 1. The lowest BCUT2D eigenvalue weighted by atomic mass is 9.92. The van der Waals surface area contributed by atoms with E-state index >= 15 is 0 Å². The Balaban J connectivity index is 1.62. The molecule has 0 saturated carbocycles. The van der Waals surface area contributed by atoms with Crippen LogP contribution in [-0.2, 0) is 23.7 Å². The number of rotatable bonds is 3. The Hall–Kier alpha value is -1.10. The third-order valence-corrected chi connectivity index (χ3v) is 5.41. The standard InChI is InChI=1S/C18H25NO7/c1-22-18-15(20)14(19(21)7-9-23-10-8-19)16-13(25-18)11-24-17(26-16)12-5-3-2-4-6-12/h2-6,13-18,20H,7-11H2,1H3/t13-,14+,15+,16-,17?,18+/m1/s1. The smallest absolute Gasteiger partial charge is 0.189 e. The Morgan fingerprint density at radius 2 is 1.88 bits per heavy atom. The number of hydrogen-bond acceptors (Lipinski definition) is 7. The van der Waals surface area contributed by atoms with Crippen LogP contribution in [0.2, 0.25) is 0 Å². The average molecular weight is 367 g/mol. The van der Waals surface area contributed by atoms with E-state index < -0.39 is 41.6 Å². The first-order valence-electron chi connectivity index (χ1n) is 8.96. The quantitative estimate of drug-likeness (QED) is 0.616. The molecule has 144 valence electrons. The van der Waals surface area contributed by atoms with Gasteiger partial charge in [-0.25, -0.2) is 0 Å². The highest BCUT2D eigenvalue weighted by molar-refractivity contribution is 5.16. The maximum absolute atomic E-state index is 13.5. The predicted octanol–water partition coefficient (Wildman–Crippen LogP) is 0.546. The minimum atomic E-state index is -1.09. The van der Waals surface area contributed by atoms with Crippen molar-refractivity contribution in [2.45, 2.75) is 36.9 Å². The van der Waals surface area contributed by atoms with E-state index in [-0.39, 0.29) is 19.7 Å². The molecule has 0 radical (unpaired) electrons. The predicted molar refractivity (Wildman–Crippen MR) is 89.7 cm³/mol. The first-order valence-corrected chi connectivity index (χ1v) is 8.96. The number of nitrogens with zero attached hydrogens (tertiary/aromatic N) is 1. The molecule has 8 nitrogen and oxygen atoms in total. The van der Waals surface area contributed by atoms with Gasteiger partial charge in [-0.3, -0.25) is 0 Å². The lowest BCUT2D eigenvalue weighted by Gasteiger charge is -2.58. The van der Waals surface area contributed by atoms with Crippen LogP contribution in [0.25, 0.3) is 0 Å². The lowest BCUT2D eigenvalue weighted by molar-refractivity contribution is -0.924. The van der Waals surface area contributed by atoms with E-state index in [0.29, 0.717) is 13.2 Å². The van der Waals surface area contributed by atoms with Gasteiger partial charge in [0, 0.05) is 12.7 Å². The van der Waals surface area contributed by atoms with E-state index in [1.165, 1.54) is 7.11 Å². The number of hydrogen-bond donors (Lipinski definition) is 1.